The Morgan fingerprint density at radius 3 is 1.81 bits per heavy atom. The standard InChI is InChI=1S/C22H41NO4/c1-3-4-5-6-7-8-9-10-11-12-13-14-15-16-17-18-21(25)23(20(2)24)19-22(26)27/h10-11,20,24H,3-9,12-19H2,1-2H3,(H,26,27). The van der Waals surface area contributed by atoms with Gasteiger partial charge in [-0.15, -0.1) is 0 Å². The van der Waals surface area contributed by atoms with E-state index in [0.717, 1.165) is 37.0 Å². The smallest absolute Gasteiger partial charge is 0.323 e. The van der Waals surface area contributed by atoms with E-state index in [2.05, 4.69) is 19.1 Å². The maximum absolute atomic E-state index is 11.9. The number of aliphatic hydroxyl groups is 1. The van der Waals surface area contributed by atoms with Crippen LogP contribution in [0.25, 0.3) is 0 Å². The Balaban J connectivity index is 3.52. The number of amides is 1. The molecule has 0 saturated carbocycles. The lowest BCUT2D eigenvalue weighted by Crippen LogP contribution is -2.41. The number of carbonyl (C=O) groups is 2. The summed E-state index contributed by atoms with van der Waals surface area (Å²) in [6.07, 6.45) is 19.4. The molecule has 0 aromatic heterocycles. The van der Waals surface area contributed by atoms with Gasteiger partial charge >= 0.3 is 5.97 Å². The molecule has 0 heterocycles. The molecule has 0 rings (SSSR count). The van der Waals surface area contributed by atoms with Crippen LogP contribution in [0.5, 0.6) is 0 Å². The molecule has 1 atom stereocenters. The number of aliphatic hydroxyl groups excluding tert-OH is 1. The van der Waals surface area contributed by atoms with Crippen molar-refractivity contribution in [2.45, 2.75) is 110 Å². The number of hydrogen-bond donors (Lipinski definition) is 2. The first kappa shape index (κ1) is 25.6. The molecular formula is C22H41NO4. The van der Waals surface area contributed by atoms with Gasteiger partial charge in [-0.25, -0.2) is 0 Å². The fourth-order valence-electron chi connectivity index (χ4n) is 3.06. The van der Waals surface area contributed by atoms with Crippen molar-refractivity contribution < 1.29 is 19.8 Å². The van der Waals surface area contributed by atoms with Crippen LogP contribution in [0.15, 0.2) is 12.2 Å². The third-order valence-corrected chi connectivity index (χ3v) is 4.73. The molecule has 5 heteroatoms. The van der Waals surface area contributed by atoms with Crippen LogP contribution in [-0.2, 0) is 9.59 Å². The van der Waals surface area contributed by atoms with Gasteiger partial charge in [-0.2, -0.15) is 0 Å². The first-order valence-electron chi connectivity index (χ1n) is 10.8. The van der Waals surface area contributed by atoms with E-state index < -0.39 is 18.7 Å². The Kier molecular flexibility index (Phi) is 17.1. The van der Waals surface area contributed by atoms with E-state index in [-0.39, 0.29) is 5.91 Å². The molecule has 0 radical (unpaired) electrons. The van der Waals surface area contributed by atoms with Crippen molar-refractivity contribution >= 4 is 11.9 Å². The molecule has 2 N–H and O–H groups in total. The summed E-state index contributed by atoms with van der Waals surface area (Å²) in [5.41, 5.74) is 0. The van der Waals surface area contributed by atoms with E-state index in [4.69, 9.17) is 5.11 Å². The zero-order valence-electron chi connectivity index (χ0n) is 17.5. The van der Waals surface area contributed by atoms with Crippen molar-refractivity contribution in [3.63, 3.8) is 0 Å². The van der Waals surface area contributed by atoms with Crippen molar-refractivity contribution in [3.05, 3.63) is 12.2 Å². The molecule has 0 aliphatic heterocycles. The highest BCUT2D eigenvalue weighted by molar-refractivity contribution is 5.81. The molecule has 1 amide bonds. The van der Waals surface area contributed by atoms with Crippen LogP contribution in [-0.4, -0.2) is 39.8 Å². The first-order valence-corrected chi connectivity index (χ1v) is 10.8. The van der Waals surface area contributed by atoms with Gasteiger partial charge in [-0.05, 0) is 39.0 Å². The minimum absolute atomic E-state index is 0.287. The Morgan fingerprint density at radius 1 is 0.852 bits per heavy atom. The maximum atomic E-state index is 11.9. The molecule has 0 saturated heterocycles. The number of carboxylic acids is 1. The minimum Gasteiger partial charge on any atom is -0.480 e. The van der Waals surface area contributed by atoms with Crippen LogP contribution in [0.1, 0.15) is 104 Å². The Bertz CT molecular complexity index is 407. The fourth-order valence-corrected chi connectivity index (χ4v) is 3.06. The van der Waals surface area contributed by atoms with Crippen LogP contribution in [0, 0.1) is 0 Å². The summed E-state index contributed by atoms with van der Waals surface area (Å²) in [5, 5.41) is 18.3. The summed E-state index contributed by atoms with van der Waals surface area (Å²) in [4.78, 5) is 23.7. The highest BCUT2D eigenvalue weighted by atomic mass is 16.4. The van der Waals surface area contributed by atoms with Gasteiger partial charge in [0.15, 0.2) is 0 Å². The third kappa shape index (κ3) is 16.5. The van der Waals surface area contributed by atoms with E-state index in [0.29, 0.717) is 6.42 Å². The molecule has 158 valence electrons. The Morgan fingerprint density at radius 2 is 1.33 bits per heavy atom. The number of aliphatic carboxylic acids is 1. The topological polar surface area (TPSA) is 77.8 Å². The SMILES string of the molecule is CCCCCCCCC=CCCCCCCCC(=O)N(CC(=O)O)C(C)O. The molecule has 0 aromatic rings. The molecule has 0 bridgehead atoms. The van der Waals surface area contributed by atoms with E-state index in [9.17, 15) is 14.7 Å². The molecule has 0 fully saturated rings. The minimum atomic E-state index is -1.10. The Hall–Kier alpha value is -1.36. The van der Waals surface area contributed by atoms with Crippen molar-refractivity contribution in [2.75, 3.05) is 6.54 Å². The van der Waals surface area contributed by atoms with Gasteiger partial charge in [0, 0.05) is 6.42 Å². The molecule has 0 spiro atoms. The average molecular weight is 384 g/mol. The number of allylic oxidation sites excluding steroid dienone is 2. The van der Waals surface area contributed by atoms with Gasteiger partial charge in [0.05, 0.1) is 0 Å². The van der Waals surface area contributed by atoms with Crippen LogP contribution < -0.4 is 0 Å². The van der Waals surface area contributed by atoms with Crippen LogP contribution in [0.3, 0.4) is 0 Å². The lowest BCUT2D eigenvalue weighted by atomic mass is 10.1. The van der Waals surface area contributed by atoms with Gasteiger partial charge < -0.3 is 15.1 Å². The number of unbranched alkanes of at least 4 members (excludes halogenated alkanes) is 11. The number of rotatable bonds is 18. The van der Waals surface area contributed by atoms with Crippen LogP contribution >= 0.6 is 0 Å². The second-order valence-corrected chi connectivity index (χ2v) is 7.38. The number of carboxylic acid groups (broad SMARTS) is 1. The monoisotopic (exact) mass is 383 g/mol. The molecule has 0 aromatic carbocycles. The van der Waals surface area contributed by atoms with Gasteiger partial charge in [-0.1, -0.05) is 70.4 Å². The summed E-state index contributed by atoms with van der Waals surface area (Å²) in [6.45, 7) is 3.22. The lowest BCUT2D eigenvalue weighted by Gasteiger charge is -2.23. The van der Waals surface area contributed by atoms with Crippen molar-refractivity contribution in [2.24, 2.45) is 0 Å². The van der Waals surface area contributed by atoms with Crippen molar-refractivity contribution in [3.8, 4) is 0 Å². The molecule has 5 nitrogen and oxygen atoms in total. The molecule has 0 aliphatic rings. The molecule has 27 heavy (non-hydrogen) atoms. The summed E-state index contributed by atoms with van der Waals surface area (Å²) >= 11 is 0. The highest BCUT2D eigenvalue weighted by Crippen LogP contribution is 2.11. The normalized spacial score (nSPS) is 12.4. The molecule has 0 aliphatic carbocycles. The highest BCUT2D eigenvalue weighted by Gasteiger charge is 2.20. The van der Waals surface area contributed by atoms with Gasteiger partial charge in [-0.3, -0.25) is 9.59 Å². The first-order chi connectivity index (χ1) is 13.0. The van der Waals surface area contributed by atoms with Gasteiger partial charge in [0.2, 0.25) is 5.91 Å². The second kappa shape index (κ2) is 18.0. The van der Waals surface area contributed by atoms with Crippen molar-refractivity contribution in [1.82, 2.24) is 4.90 Å². The molecular weight excluding hydrogens is 342 g/mol. The summed E-state index contributed by atoms with van der Waals surface area (Å²) in [6, 6.07) is 0. The summed E-state index contributed by atoms with van der Waals surface area (Å²) < 4.78 is 0. The molecule has 1 unspecified atom stereocenters. The number of hydrogen-bond acceptors (Lipinski definition) is 3. The summed E-state index contributed by atoms with van der Waals surface area (Å²) in [7, 11) is 0. The summed E-state index contributed by atoms with van der Waals surface area (Å²) in [5.74, 6) is -1.39. The second-order valence-electron chi connectivity index (χ2n) is 7.38. The largest absolute Gasteiger partial charge is 0.480 e. The number of nitrogens with zero attached hydrogens (tertiary/aromatic N) is 1. The van der Waals surface area contributed by atoms with Gasteiger partial charge in [0.25, 0.3) is 0 Å². The predicted octanol–water partition coefficient (Wildman–Crippen LogP) is 5.28. The zero-order valence-corrected chi connectivity index (χ0v) is 17.5. The maximum Gasteiger partial charge on any atom is 0.323 e. The number of carbonyl (C=O) groups excluding carboxylic acids is 1. The van der Waals surface area contributed by atoms with E-state index in [1.54, 1.807) is 0 Å². The quantitative estimate of drug-likeness (QED) is 0.192. The van der Waals surface area contributed by atoms with Crippen LogP contribution in [0.2, 0.25) is 0 Å². The van der Waals surface area contributed by atoms with Crippen molar-refractivity contribution in [1.29, 1.82) is 0 Å². The van der Waals surface area contributed by atoms with E-state index in [1.807, 2.05) is 0 Å². The van der Waals surface area contributed by atoms with E-state index >= 15 is 0 Å². The van der Waals surface area contributed by atoms with Crippen LogP contribution in [0.4, 0.5) is 0 Å². The fraction of sp³-hybridized carbons (Fsp3) is 0.818. The third-order valence-electron chi connectivity index (χ3n) is 4.73. The lowest BCUT2D eigenvalue weighted by molar-refractivity contribution is -0.151. The Labute approximate surface area is 165 Å². The van der Waals surface area contributed by atoms with E-state index in [1.165, 1.54) is 58.3 Å². The predicted molar refractivity (Wildman–Crippen MR) is 110 cm³/mol. The average Bonchev–Trinajstić information content (AvgIpc) is 2.62. The zero-order chi connectivity index (χ0) is 20.3. The van der Waals surface area contributed by atoms with Gasteiger partial charge in [0.1, 0.15) is 12.8 Å².